The fourth-order valence-corrected chi connectivity index (χ4v) is 4.63. The second-order valence-corrected chi connectivity index (χ2v) is 6.97. The lowest BCUT2D eigenvalue weighted by Crippen LogP contribution is -2.45. The van der Waals surface area contributed by atoms with Gasteiger partial charge in [-0.3, -0.25) is 4.68 Å². The van der Waals surface area contributed by atoms with Crippen LogP contribution in [0.1, 0.15) is 25.7 Å². The molecule has 0 aromatic carbocycles. The van der Waals surface area contributed by atoms with Crippen molar-refractivity contribution in [1.29, 1.82) is 0 Å². The number of rotatable bonds is 5. The average Bonchev–Trinajstić information content (AvgIpc) is 2.96. The average molecular weight is 307 g/mol. The van der Waals surface area contributed by atoms with Crippen molar-refractivity contribution in [3.63, 3.8) is 0 Å². The first-order valence-electron chi connectivity index (χ1n) is 6.35. The molecule has 0 saturated heterocycles. The van der Waals surface area contributed by atoms with Crippen molar-refractivity contribution < 1.29 is 8.42 Å². The number of aromatic nitrogens is 2. The topological polar surface area (TPSA) is 90.0 Å². The Bertz CT molecular complexity index is 517. The summed E-state index contributed by atoms with van der Waals surface area (Å²) in [4.78, 5) is 0. The molecule has 1 unspecified atom stereocenters. The van der Waals surface area contributed by atoms with Crippen LogP contribution in [-0.2, 0) is 17.1 Å². The third kappa shape index (κ3) is 3.10. The molecule has 1 aromatic heterocycles. The maximum Gasteiger partial charge on any atom is 0.259 e. The minimum atomic E-state index is -3.69. The molecule has 1 aromatic rings. The SMILES string of the molecule is Cn1ncc(Cl)c1S(=O)(=O)NC(CN)C1CCCC1. The van der Waals surface area contributed by atoms with E-state index >= 15 is 0 Å². The van der Waals surface area contributed by atoms with Gasteiger partial charge in [0.05, 0.1) is 11.2 Å². The summed E-state index contributed by atoms with van der Waals surface area (Å²) < 4.78 is 28.6. The Morgan fingerprint density at radius 1 is 1.58 bits per heavy atom. The number of nitrogens with two attached hydrogens (primary N) is 1. The minimum absolute atomic E-state index is 0.00869. The van der Waals surface area contributed by atoms with E-state index in [1.54, 1.807) is 7.05 Å². The van der Waals surface area contributed by atoms with E-state index in [1.807, 2.05) is 0 Å². The van der Waals surface area contributed by atoms with Crippen LogP contribution in [-0.4, -0.2) is 30.8 Å². The Morgan fingerprint density at radius 3 is 2.68 bits per heavy atom. The molecule has 0 radical (unpaired) electrons. The summed E-state index contributed by atoms with van der Waals surface area (Å²) in [5.41, 5.74) is 5.71. The molecule has 0 spiro atoms. The first-order chi connectivity index (χ1) is 8.95. The summed E-state index contributed by atoms with van der Waals surface area (Å²) in [6.45, 7) is 0.291. The van der Waals surface area contributed by atoms with Crippen molar-refractivity contribution in [1.82, 2.24) is 14.5 Å². The van der Waals surface area contributed by atoms with Crippen molar-refractivity contribution in [2.45, 2.75) is 36.8 Å². The fourth-order valence-electron chi connectivity index (χ4n) is 2.65. The monoisotopic (exact) mass is 306 g/mol. The minimum Gasteiger partial charge on any atom is -0.329 e. The lowest BCUT2D eigenvalue weighted by molar-refractivity contribution is 0.404. The molecule has 19 heavy (non-hydrogen) atoms. The van der Waals surface area contributed by atoms with Crippen LogP contribution < -0.4 is 10.5 Å². The van der Waals surface area contributed by atoms with Gasteiger partial charge in [-0.05, 0) is 18.8 Å². The highest BCUT2D eigenvalue weighted by atomic mass is 35.5. The predicted molar refractivity (Wildman–Crippen MR) is 73.3 cm³/mol. The molecule has 2 rings (SSSR count). The van der Waals surface area contributed by atoms with Gasteiger partial charge in [0, 0.05) is 19.6 Å². The van der Waals surface area contributed by atoms with Gasteiger partial charge in [0.1, 0.15) is 0 Å². The van der Waals surface area contributed by atoms with Gasteiger partial charge >= 0.3 is 0 Å². The first-order valence-corrected chi connectivity index (χ1v) is 8.21. The number of nitrogens with zero attached hydrogens (tertiary/aromatic N) is 2. The Kier molecular flexibility index (Phi) is 4.50. The van der Waals surface area contributed by atoms with Gasteiger partial charge in [-0.15, -0.1) is 0 Å². The number of nitrogens with one attached hydrogen (secondary N) is 1. The second kappa shape index (κ2) is 5.78. The van der Waals surface area contributed by atoms with E-state index < -0.39 is 10.0 Å². The number of aryl methyl sites for hydroxylation is 1. The largest absolute Gasteiger partial charge is 0.329 e. The zero-order valence-corrected chi connectivity index (χ0v) is 12.4. The van der Waals surface area contributed by atoms with E-state index in [0.29, 0.717) is 12.5 Å². The molecule has 1 saturated carbocycles. The third-order valence-electron chi connectivity index (χ3n) is 3.63. The summed E-state index contributed by atoms with van der Waals surface area (Å²) in [6.07, 6.45) is 5.63. The van der Waals surface area contributed by atoms with Gasteiger partial charge in [0.2, 0.25) is 0 Å². The maximum absolute atomic E-state index is 12.3. The molecule has 108 valence electrons. The van der Waals surface area contributed by atoms with E-state index in [9.17, 15) is 8.42 Å². The van der Waals surface area contributed by atoms with Gasteiger partial charge in [0.15, 0.2) is 5.03 Å². The first kappa shape index (κ1) is 14.8. The highest BCUT2D eigenvalue weighted by Crippen LogP contribution is 2.28. The highest BCUT2D eigenvalue weighted by Gasteiger charge is 2.31. The van der Waals surface area contributed by atoms with Crippen molar-refractivity contribution in [2.75, 3.05) is 6.54 Å². The van der Waals surface area contributed by atoms with Crippen molar-refractivity contribution in [2.24, 2.45) is 18.7 Å². The van der Waals surface area contributed by atoms with Crippen LogP contribution in [0.4, 0.5) is 0 Å². The van der Waals surface area contributed by atoms with E-state index in [1.165, 1.54) is 10.9 Å². The molecular weight excluding hydrogens is 288 g/mol. The smallest absolute Gasteiger partial charge is 0.259 e. The summed E-state index contributed by atoms with van der Waals surface area (Å²) in [7, 11) is -2.14. The normalized spacial score (nSPS) is 18.9. The molecule has 6 nitrogen and oxygen atoms in total. The van der Waals surface area contributed by atoms with Crippen LogP contribution in [0.15, 0.2) is 11.2 Å². The van der Waals surface area contributed by atoms with Crippen LogP contribution in [0.3, 0.4) is 0 Å². The number of halogens is 1. The maximum atomic E-state index is 12.3. The van der Waals surface area contributed by atoms with E-state index in [4.69, 9.17) is 17.3 Å². The molecule has 3 N–H and O–H groups in total. The molecule has 8 heteroatoms. The zero-order valence-electron chi connectivity index (χ0n) is 10.8. The number of sulfonamides is 1. The van der Waals surface area contributed by atoms with Gasteiger partial charge in [0.25, 0.3) is 10.0 Å². The lowest BCUT2D eigenvalue weighted by atomic mass is 9.99. The molecule has 1 heterocycles. The van der Waals surface area contributed by atoms with E-state index in [2.05, 4.69) is 9.82 Å². The van der Waals surface area contributed by atoms with Gasteiger partial charge in [-0.2, -0.15) is 5.10 Å². The van der Waals surface area contributed by atoms with Crippen molar-refractivity contribution in [3.8, 4) is 0 Å². The summed E-state index contributed by atoms with van der Waals surface area (Å²) >= 11 is 5.88. The standard InChI is InChI=1S/C11H19ClN4O2S/c1-16-11(9(12)7-14-16)19(17,18)15-10(6-13)8-4-2-3-5-8/h7-8,10,15H,2-6,13H2,1H3. The molecule has 1 aliphatic rings. The molecule has 1 aliphatic carbocycles. The Morgan fingerprint density at radius 2 is 2.21 bits per heavy atom. The Balaban J connectivity index is 2.20. The highest BCUT2D eigenvalue weighted by molar-refractivity contribution is 7.89. The number of hydrogen-bond donors (Lipinski definition) is 2. The van der Waals surface area contributed by atoms with Crippen LogP contribution in [0.25, 0.3) is 0 Å². The summed E-state index contributed by atoms with van der Waals surface area (Å²) in [6, 6.07) is -0.238. The number of hydrogen-bond acceptors (Lipinski definition) is 4. The van der Waals surface area contributed by atoms with E-state index in [0.717, 1.165) is 25.7 Å². The van der Waals surface area contributed by atoms with Gasteiger partial charge in [-0.1, -0.05) is 24.4 Å². The lowest BCUT2D eigenvalue weighted by Gasteiger charge is -2.22. The van der Waals surface area contributed by atoms with Crippen molar-refractivity contribution >= 4 is 21.6 Å². The Labute approximate surface area is 118 Å². The van der Waals surface area contributed by atoms with E-state index in [-0.39, 0.29) is 16.1 Å². The van der Waals surface area contributed by atoms with Gasteiger partial charge in [-0.25, -0.2) is 13.1 Å². The summed E-state index contributed by atoms with van der Waals surface area (Å²) in [5.74, 6) is 0.312. The van der Waals surface area contributed by atoms with Crippen LogP contribution >= 0.6 is 11.6 Å². The molecule has 0 amide bonds. The van der Waals surface area contributed by atoms with Crippen LogP contribution in [0, 0.1) is 5.92 Å². The predicted octanol–water partition coefficient (Wildman–Crippen LogP) is 0.869. The molecule has 0 bridgehead atoms. The zero-order chi connectivity index (χ0) is 14.0. The van der Waals surface area contributed by atoms with Crippen LogP contribution in [0.5, 0.6) is 0 Å². The van der Waals surface area contributed by atoms with Crippen molar-refractivity contribution in [3.05, 3.63) is 11.2 Å². The molecular formula is C11H19ClN4O2S. The second-order valence-electron chi connectivity index (χ2n) is 4.93. The fraction of sp³-hybridized carbons (Fsp3) is 0.727. The summed E-state index contributed by atoms with van der Waals surface area (Å²) in [5, 5.41) is 3.96. The Hall–Kier alpha value is -0.630. The molecule has 1 atom stereocenters. The quantitative estimate of drug-likeness (QED) is 0.844. The molecule has 0 aliphatic heterocycles. The van der Waals surface area contributed by atoms with Gasteiger partial charge < -0.3 is 5.73 Å². The van der Waals surface area contributed by atoms with Crippen LogP contribution in [0.2, 0.25) is 5.02 Å². The molecule has 1 fully saturated rings. The third-order valence-corrected chi connectivity index (χ3v) is 5.62.